The average Bonchev–Trinajstić information content (AvgIpc) is 3.20. The van der Waals surface area contributed by atoms with Crippen molar-refractivity contribution in [2.45, 2.75) is 51.5 Å². The number of thiazole rings is 1. The molecular formula is C18H24N2S. The van der Waals surface area contributed by atoms with Crippen molar-refractivity contribution in [2.75, 3.05) is 6.54 Å². The first-order chi connectivity index (χ1) is 10.0. The molecule has 1 fully saturated rings. The van der Waals surface area contributed by atoms with Gasteiger partial charge in [0.15, 0.2) is 0 Å². The Morgan fingerprint density at radius 1 is 1.19 bits per heavy atom. The van der Waals surface area contributed by atoms with Crippen molar-refractivity contribution < 1.29 is 0 Å². The first-order valence-corrected chi connectivity index (χ1v) is 8.64. The summed E-state index contributed by atoms with van der Waals surface area (Å²) >= 11 is 1.92. The minimum Gasteiger partial charge on any atom is -0.312 e. The molecule has 0 saturated heterocycles. The van der Waals surface area contributed by atoms with Crippen LogP contribution in [0.25, 0.3) is 11.3 Å². The maximum absolute atomic E-state index is 4.95. The van der Waals surface area contributed by atoms with Crippen molar-refractivity contribution in [3.63, 3.8) is 0 Å². The molecule has 1 aromatic carbocycles. The molecule has 3 heteroatoms. The zero-order chi connectivity index (χ0) is 14.9. The lowest BCUT2D eigenvalue weighted by molar-refractivity contribution is 0.430. The summed E-state index contributed by atoms with van der Waals surface area (Å²) in [4.78, 5) is 6.38. The average molecular weight is 300 g/mol. The quantitative estimate of drug-likeness (QED) is 0.871. The molecule has 1 aliphatic rings. The Hall–Kier alpha value is -1.19. The summed E-state index contributed by atoms with van der Waals surface area (Å²) < 4.78 is 0. The highest BCUT2D eigenvalue weighted by atomic mass is 32.1. The van der Waals surface area contributed by atoms with Crippen molar-refractivity contribution in [3.8, 4) is 11.3 Å². The van der Waals surface area contributed by atoms with Gasteiger partial charge >= 0.3 is 0 Å². The van der Waals surface area contributed by atoms with E-state index in [2.05, 4.69) is 56.4 Å². The van der Waals surface area contributed by atoms with Gasteiger partial charge in [0, 0.05) is 28.4 Å². The van der Waals surface area contributed by atoms with E-state index < -0.39 is 0 Å². The first kappa shape index (κ1) is 14.7. The highest BCUT2D eigenvalue weighted by Gasteiger charge is 2.28. The summed E-state index contributed by atoms with van der Waals surface area (Å²) in [6, 6.07) is 10.6. The van der Waals surface area contributed by atoms with Crippen molar-refractivity contribution in [2.24, 2.45) is 0 Å². The van der Waals surface area contributed by atoms with E-state index in [1.807, 2.05) is 11.3 Å². The van der Waals surface area contributed by atoms with E-state index in [-0.39, 0.29) is 5.54 Å². The Kier molecular flexibility index (Phi) is 4.14. The second-order valence-corrected chi connectivity index (χ2v) is 8.01. The van der Waals surface area contributed by atoms with Crippen LogP contribution in [0.4, 0.5) is 0 Å². The summed E-state index contributed by atoms with van der Waals surface area (Å²) in [6.45, 7) is 7.66. The largest absolute Gasteiger partial charge is 0.312 e. The van der Waals surface area contributed by atoms with Gasteiger partial charge < -0.3 is 5.32 Å². The van der Waals surface area contributed by atoms with E-state index in [1.165, 1.54) is 34.0 Å². The van der Waals surface area contributed by atoms with Gasteiger partial charge in [0.25, 0.3) is 0 Å². The Morgan fingerprint density at radius 3 is 2.52 bits per heavy atom. The summed E-state index contributed by atoms with van der Waals surface area (Å²) in [6.07, 6.45) is 3.70. The standard InChI is InChI=1S/C18H24N2S/c1-18(2,3)19-12-11-15-16(13-7-5-4-6-8-13)20-17(21-15)14-9-10-14/h4-8,14,19H,9-12H2,1-3H3. The van der Waals surface area contributed by atoms with Crippen LogP contribution in [0.2, 0.25) is 0 Å². The molecule has 0 atom stereocenters. The summed E-state index contributed by atoms with van der Waals surface area (Å²) in [5, 5.41) is 4.93. The van der Waals surface area contributed by atoms with Gasteiger partial charge in [-0.25, -0.2) is 4.98 Å². The zero-order valence-electron chi connectivity index (χ0n) is 13.1. The molecule has 112 valence electrons. The molecule has 3 rings (SSSR count). The van der Waals surface area contributed by atoms with Gasteiger partial charge in [-0.15, -0.1) is 11.3 Å². The Bertz CT molecular complexity index is 591. The molecule has 0 radical (unpaired) electrons. The number of nitrogens with zero attached hydrogens (tertiary/aromatic N) is 1. The number of nitrogens with one attached hydrogen (secondary N) is 1. The maximum atomic E-state index is 4.95. The third-order valence-electron chi connectivity index (χ3n) is 3.70. The molecule has 0 aliphatic heterocycles. The van der Waals surface area contributed by atoms with Crippen molar-refractivity contribution >= 4 is 11.3 Å². The summed E-state index contributed by atoms with van der Waals surface area (Å²) in [5.41, 5.74) is 2.64. The van der Waals surface area contributed by atoms with E-state index in [4.69, 9.17) is 4.98 Å². The molecule has 2 aromatic rings. The smallest absolute Gasteiger partial charge is 0.0966 e. The molecule has 1 saturated carbocycles. The van der Waals surface area contributed by atoms with Gasteiger partial charge in [0.2, 0.25) is 0 Å². The molecule has 0 bridgehead atoms. The third kappa shape index (κ3) is 3.92. The molecule has 2 nitrogen and oxygen atoms in total. The van der Waals surface area contributed by atoms with Gasteiger partial charge in [0.05, 0.1) is 10.7 Å². The third-order valence-corrected chi connectivity index (χ3v) is 4.97. The van der Waals surface area contributed by atoms with Crippen molar-refractivity contribution in [1.82, 2.24) is 10.3 Å². The lowest BCUT2D eigenvalue weighted by Gasteiger charge is -2.20. The van der Waals surface area contributed by atoms with Gasteiger partial charge in [0.1, 0.15) is 0 Å². The van der Waals surface area contributed by atoms with Crippen LogP contribution in [0.3, 0.4) is 0 Å². The molecule has 1 aromatic heterocycles. The van der Waals surface area contributed by atoms with Crippen LogP contribution < -0.4 is 5.32 Å². The number of hydrogen-bond donors (Lipinski definition) is 1. The topological polar surface area (TPSA) is 24.9 Å². The fourth-order valence-corrected chi connectivity index (χ4v) is 3.67. The van der Waals surface area contributed by atoms with E-state index in [0.29, 0.717) is 0 Å². The van der Waals surface area contributed by atoms with Crippen LogP contribution in [0.5, 0.6) is 0 Å². The number of rotatable bonds is 5. The molecular weight excluding hydrogens is 276 g/mol. The van der Waals surface area contributed by atoms with Crippen LogP contribution >= 0.6 is 11.3 Å². The molecule has 21 heavy (non-hydrogen) atoms. The predicted octanol–water partition coefficient (Wildman–Crippen LogP) is 4.62. The molecule has 0 unspecified atom stereocenters. The van der Waals surface area contributed by atoms with Gasteiger partial charge in [-0.3, -0.25) is 0 Å². The lowest BCUT2D eigenvalue weighted by atomic mass is 10.1. The maximum Gasteiger partial charge on any atom is 0.0966 e. The molecule has 1 heterocycles. The lowest BCUT2D eigenvalue weighted by Crippen LogP contribution is -2.37. The highest BCUT2D eigenvalue weighted by Crippen LogP contribution is 2.44. The fraction of sp³-hybridized carbons (Fsp3) is 0.500. The highest BCUT2D eigenvalue weighted by molar-refractivity contribution is 7.12. The number of aromatic nitrogens is 1. The van der Waals surface area contributed by atoms with Crippen LogP contribution in [0, 0.1) is 0 Å². The molecule has 0 amide bonds. The Labute approximate surface area is 131 Å². The van der Waals surface area contributed by atoms with Gasteiger partial charge in [-0.1, -0.05) is 30.3 Å². The summed E-state index contributed by atoms with van der Waals surface area (Å²) in [7, 11) is 0. The van der Waals surface area contributed by atoms with Gasteiger partial charge in [-0.05, 0) is 40.0 Å². The van der Waals surface area contributed by atoms with E-state index >= 15 is 0 Å². The van der Waals surface area contributed by atoms with Crippen LogP contribution in [0.1, 0.15) is 49.4 Å². The second-order valence-electron chi connectivity index (χ2n) is 6.89. The van der Waals surface area contributed by atoms with Crippen molar-refractivity contribution in [1.29, 1.82) is 0 Å². The minimum absolute atomic E-state index is 0.178. The van der Waals surface area contributed by atoms with Gasteiger partial charge in [-0.2, -0.15) is 0 Å². The van der Waals surface area contributed by atoms with Crippen molar-refractivity contribution in [3.05, 3.63) is 40.2 Å². The second kappa shape index (κ2) is 5.90. The van der Waals surface area contributed by atoms with E-state index in [1.54, 1.807) is 0 Å². The van der Waals surface area contributed by atoms with E-state index in [9.17, 15) is 0 Å². The van der Waals surface area contributed by atoms with Crippen LogP contribution in [-0.4, -0.2) is 17.1 Å². The van der Waals surface area contributed by atoms with E-state index in [0.717, 1.165) is 18.9 Å². The number of hydrogen-bond acceptors (Lipinski definition) is 3. The monoisotopic (exact) mass is 300 g/mol. The molecule has 0 spiro atoms. The first-order valence-electron chi connectivity index (χ1n) is 7.83. The number of benzene rings is 1. The Balaban J connectivity index is 1.80. The minimum atomic E-state index is 0.178. The predicted molar refractivity (Wildman–Crippen MR) is 91.0 cm³/mol. The SMILES string of the molecule is CC(C)(C)NCCc1sc(C2CC2)nc1-c1ccccc1. The summed E-state index contributed by atoms with van der Waals surface area (Å²) in [5.74, 6) is 0.738. The zero-order valence-corrected chi connectivity index (χ0v) is 14.0. The fourth-order valence-electron chi connectivity index (χ4n) is 2.42. The Morgan fingerprint density at radius 2 is 1.90 bits per heavy atom. The normalized spacial score (nSPS) is 15.4. The molecule has 1 aliphatic carbocycles. The van der Waals surface area contributed by atoms with Crippen LogP contribution in [-0.2, 0) is 6.42 Å². The molecule has 1 N–H and O–H groups in total. The van der Waals surface area contributed by atoms with Crippen LogP contribution in [0.15, 0.2) is 30.3 Å².